The highest BCUT2D eigenvalue weighted by molar-refractivity contribution is 4.50. The molecule has 0 radical (unpaired) electrons. The van der Waals surface area contributed by atoms with E-state index in [0.29, 0.717) is 6.54 Å². The van der Waals surface area contributed by atoms with Gasteiger partial charge in [0.25, 0.3) is 0 Å². The Morgan fingerprint density at radius 2 is 2.29 bits per heavy atom. The molecule has 0 unspecified atom stereocenters. The fraction of sp³-hybridized carbons (Fsp3) is 1.00. The van der Waals surface area contributed by atoms with Gasteiger partial charge in [-0.25, -0.2) is 0 Å². The molecule has 0 bridgehead atoms. The smallest absolute Gasteiger partial charge is 0.0549 e. The minimum Gasteiger partial charge on any atom is -0.393 e. The van der Waals surface area contributed by atoms with Gasteiger partial charge in [0.2, 0.25) is 0 Å². The number of rotatable bonds is 3. The van der Waals surface area contributed by atoms with Crippen LogP contribution >= 0.6 is 0 Å². The Labute approximate surface area is 44.3 Å². The second kappa shape index (κ2) is 4.09. The summed E-state index contributed by atoms with van der Waals surface area (Å²) in [6, 6.07) is 0. The van der Waals surface area contributed by atoms with E-state index in [1.165, 1.54) is 0 Å². The summed E-state index contributed by atoms with van der Waals surface area (Å²) in [4.78, 5) is 0. The quantitative estimate of drug-likeness (QED) is 0.532. The van der Waals surface area contributed by atoms with Crippen LogP contribution in [0.1, 0.15) is 19.8 Å². The van der Waals surface area contributed by atoms with Crippen LogP contribution in [0.4, 0.5) is 0 Å². The number of hydrogen-bond acceptors (Lipinski definition) is 2. The zero-order valence-electron chi connectivity index (χ0n) is 4.72. The molecule has 0 aromatic carbocycles. The third kappa shape index (κ3) is 3.76. The highest BCUT2D eigenvalue weighted by Crippen LogP contribution is 1.91. The van der Waals surface area contributed by atoms with Gasteiger partial charge in [-0.05, 0) is 19.4 Å². The minimum absolute atomic E-state index is 0.176. The summed E-state index contributed by atoms with van der Waals surface area (Å²) < 4.78 is 0. The average molecular weight is 103 g/mol. The number of nitrogens with two attached hydrogens (primary N) is 1. The van der Waals surface area contributed by atoms with Gasteiger partial charge in [-0.1, -0.05) is 6.92 Å². The first-order valence-corrected chi connectivity index (χ1v) is 2.69. The Morgan fingerprint density at radius 1 is 1.71 bits per heavy atom. The molecule has 0 aromatic rings. The molecule has 2 nitrogen and oxygen atoms in total. The second-order valence-corrected chi connectivity index (χ2v) is 1.64. The lowest BCUT2D eigenvalue weighted by molar-refractivity contribution is 0.163. The van der Waals surface area contributed by atoms with E-state index in [4.69, 9.17) is 10.8 Å². The topological polar surface area (TPSA) is 46.2 Å². The maximum Gasteiger partial charge on any atom is 0.0549 e. The maximum atomic E-state index is 8.78. The molecule has 0 rings (SSSR count). The van der Waals surface area contributed by atoms with Crippen molar-refractivity contribution in [3.63, 3.8) is 0 Å². The fourth-order valence-electron chi connectivity index (χ4n) is 0.397. The molecule has 0 aromatic heterocycles. The van der Waals surface area contributed by atoms with Crippen LogP contribution in [0.25, 0.3) is 0 Å². The Morgan fingerprint density at radius 3 is 2.43 bits per heavy atom. The van der Waals surface area contributed by atoms with Gasteiger partial charge in [0.15, 0.2) is 0 Å². The molecule has 0 aliphatic rings. The van der Waals surface area contributed by atoms with E-state index in [9.17, 15) is 0 Å². The molecule has 7 heavy (non-hydrogen) atoms. The fourth-order valence-corrected chi connectivity index (χ4v) is 0.397. The molecule has 0 saturated heterocycles. The highest BCUT2D eigenvalue weighted by atomic mass is 16.3. The van der Waals surface area contributed by atoms with Crippen molar-refractivity contribution >= 4 is 0 Å². The van der Waals surface area contributed by atoms with Crippen LogP contribution in [0.5, 0.6) is 0 Å². The van der Waals surface area contributed by atoms with Gasteiger partial charge in [0.1, 0.15) is 0 Å². The summed E-state index contributed by atoms with van der Waals surface area (Å²) >= 11 is 0. The van der Waals surface area contributed by atoms with Crippen LogP contribution in [0.2, 0.25) is 0 Å². The monoisotopic (exact) mass is 103 g/mol. The second-order valence-electron chi connectivity index (χ2n) is 1.64. The number of hydrogen-bond donors (Lipinski definition) is 2. The van der Waals surface area contributed by atoms with Crippen LogP contribution in [0, 0.1) is 0 Å². The van der Waals surface area contributed by atoms with Gasteiger partial charge in [-0.2, -0.15) is 0 Å². The Balaban J connectivity index is 2.83. The van der Waals surface area contributed by atoms with Gasteiger partial charge in [-0.15, -0.1) is 0 Å². The van der Waals surface area contributed by atoms with Gasteiger partial charge in [0, 0.05) is 0 Å². The molecular formula is C5H13NO. The molecule has 0 spiro atoms. The van der Waals surface area contributed by atoms with Gasteiger partial charge in [0.05, 0.1) is 6.10 Å². The van der Waals surface area contributed by atoms with E-state index in [0.717, 1.165) is 12.8 Å². The molecule has 1 atom stereocenters. The lowest BCUT2D eigenvalue weighted by Crippen LogP contribution is -2.11. The predicted octanol–water partition coefficient (Wildman–Crippen LogP) is 0.106. The van der Waals surface area contributed by atoms with Crippen LogP contribution in [0.15, 0.2) is 0 Å². The van der Waals surface area contributed by atoms with Crippen molar-refractivity contribution in [3.05, 3.63) is 0 Å². The largest absolute Gasteiger partial charge is 0.393 e. The van der Waals surface area contributed by atoms with E-state index < -0.39 is 0 Å². The van der Waals surface area contributed by atoms with Crippen molar-refractivity contribution in [1.82, 2.24) is 0 Å². The summed E-state index contributed by atoms with van der Waals surface area (Å²) in [5.74, 6) is 0. The van der Waals surface area contributed by atoms with Gasteiger partial charge in [-0.3, -0.25) is 0 Å². The zero-order chi connectivity index (χ0) is 5.70. The molecular weight excluding hydrogens is 90.1 g/mol. The molecule has 0 aliphatic carbocycles. The first kappa shape index (κ1) is 6.92. The van der Waals surface area contributed by atoms with E-state index in [1.54, 1.807) is 0 Å². The van der Waals surface area contributed by atoms with E-state index >= 15 is 0 Å². The Hall–Kier alpha value is -0.0800. The molecule has 0 aliphatic heterocycles. The molecule has 0 saturated carbocycles. The van der Waals surface area contributed by atoms with E-state index in [1.807, 2.05) is 6.92 Å². The zero-order valence-corrected chi connectivity index (χ0v) is 4.72. The SMILES string of the molecule is CC[C@H](O)CCN. The molecule has 0 fully saturated rings. The third-order valence-electron chi connectivity index (χ3n) is 0.971. The summed E-state index contributed by atoms with van der Waals surface area (Å²) in [7, 11) is 0. The van der Waals surface area contributed by atoms with E-state index in [2.05, 4.69) is 0 Å². The van der Waals surface area contributed by atoms with Gasteiger partial charge >= 0.3 is 0 Å². The third-order valence-corrected chi connectivity index (χ3v) is 0.971. The molecule has 0 amide bonds. The lowest BCUT2D eigenvalue weighted by atomic mass is 10.2. The van der Waals surface area contributed by atoms with Crippen LogP contribution in [-0.4, -0.2) is 17.8 Å². The van der Waals surface area contributed by atoms with Crippen molar-refractivity contribution in [2.45, 2.75) is 25.9 Å². The maximum absolute atomic E-state index is 8.78. The molecule has 0 heterocycles. The van der Waals surface area contributed by atoms with Crippen molar-refractivity contribution in [2.24, 2.45) is 5.73 Å². The molecule has 2 heteroatoms. The average Bonchev–Trinajstić information content (AvgIpc) is 1.68. The minimum atomic E-state index is -0.176. The molecule has 44 valence electrons. The highest BCUT2D eigenvalue weighted by Gasteiger charge is 1.94. The van der Waals surface area contributed by atoms with Crippen molar-refractivity contribution in [2.75, 3.05) is 6.54 Å². The van der Waals surface area contributed by atoms with Gasteiger partial charge < -0.3 is 10.8 Å². The van der Waals surface area contributed by atoms with Crippen LogP contribution < -0.4 is 5.73 Å². The number of aliphatic hydroxyl groups is 1. The van der Waals surface area contributed by atoms with Crippen molar-refractivity contribution in [3.8, 4) is 0 Å². The van der Waals surface area contributed by atoms with Crippen molar-refractivity contribution in [1.29, 1.82) is 0 Å². The van der Waals surface area contributed by atoms with Crippen molar-refractivity contribution < 1.29 is 5.11 Å². The van der Waals surface area contributed by atoms with Crippen LogP contribution in [0.3, 0.4) is 0 Å². The summed E-state index contributed by atoms with van der Waals surface area (Å²) in [5.41, 5.74) is 5.14. The Bertz CT molecular complexity index is 39.1. The number of aliphatic hydroxyl groups excluding tert-OH is 1. The standard InChI is InChI=1S/C5H13NO/c1-2-5(7)3-4-6/h5,7H,2-4,6H2,1H3/t5-/m0/s1. The van der Waals surface area contributed by atoms with E-state index in [-0.39, 0.29) is 6.10 Å². The first-order chi connectivity index (χ1) is 3.31. The Kier molecular flexibility index (Phi) is 4.04. The lowest BCUT2D eigenvalue weighted by Gasteiger charge is -2.01. The summed E-state index contributed by atoms with van der Waals surface area (Å²) in [6.07, 6.45) is 1.37. The molecule has 3 N–H and O–H groups in total. The van der Waals surface area contributed by atoms with Crippen LogP contribution in [-0.2, 0) is 0 Å². The normalized spacial score (nSPS) is 14.1. The summed E-state index contributed by atoms with van der Waals surface area (Å²) in [6.45, 7) is 2.54. The first-order valence-electron chi connectivity index (χ1n) is 2.69. The summed E-state index contributed by atoms with van der Waals surface area (Å²) in [5, 5.41) is 8.78. The predicted molar refractivity (Wildman–Crippen MR) is 30.0 cm³/mol.